The Kier molecular flexibility index (Phi) is 4.63. The number of amides is 1. The SMILES string of the molecule is CCCn1ccc2cc(N3CCOC4C(=C(Cl)N=CN4C)C3=O)cc(C3CC3)c21. The Morgan fingerprint density at radius 1 is 1.31 bits per heavy atom. The number of aliphatic imine (C=N–C) groups is 1. The lowest BCUT2D eigenvalue weighted by molar-refractivity contribution is -0.116. The molecule has 2 fully saturated rings. The van der Waals surface area contributed by atoms with Crippen LogP contribution >= 0.6 is 11.6 Å². The Labute approximate surface area is 175 Å². The van der Waals surface area contributed by atoms with Crippen molar-refractivity contribution in [2.24, 2.45) is 4.99 Å². The summed E-state index contributed by atoms with van der Waals surface area (Å²) in [5.41, 5.74) is 3.99. The fraction of sp³-hybridized carbons (Fsp3) is 0.455. The lowest BCUT2D eigenvalue weighted by atomic mass is 10.0. The first-order chi connectivity index (χ1) is 14.1. The maximum absolute atomic E-state index is 13.5. The molecule has 5 rings (SSSR count). The first-order valence-electron chi connectivity index (χ1n) is 10.3. The third kappa shape index (κ3) is 3.15. The normalized spacial score (nSPS) is 22.4. The van der Waals surface area contributed by atoms with Gasteiger partial charge in [0, 0.05) is 37.4 Å². The number of halogens is 1. The van der Waals surface area contributed by atoms with Crippen molar-refractivity contribution in [3.8, 4) is 0 Å². The summed E-state index contributed by atoms with van der Waals surface area (Å²) in [5.74, 6) is 0.456. The summed E-state index contributed by atoms with van der Waals surface area (Å²) in [6.45, 7) is 4.13. The van der Waals surface area contributed by atoms with Crippen molar-refractivity contribution in [2.45, 2.75) is 44.9 Å². The van der Waals surface area contributed by atoms with E-state index in [0.29, 0.717) is 24.6 Å². The molecule has 1 aromatic carbocycles. The van der Waals surface area contributed by atoms with Crippen molar-refractivity contribution < 1.29 is 9.53 Å². The van der Waals surface area contributed by atoms with E-state index in [4.69, 9.17) is 16.3 Å². The number of hydrogen-bond donors (Lipinski definition) is 0. The molecule has 7 heteroatoms. The Balaban J connectivity index is 1.60. The van der Waals surface area contributed by atoms with Crippen molar-refractivity contribution >= 4 is 40.4 Å². The zero-order chi connectivity index (χ0) is 20.1. The molecule has 152 valence electrons. The van der Waals surface area contributed by atoms with Crippen molar-refractivity contribution in [3.63, 3.8) is 0 Å². The molecule has 0 radical (unpaired) electrons. The van der Waals surface area contributed by atoms with Gasteiger partial charge in [0.25, 0.3) is 5.91 Å². The van der Waals surface area contributed by atoms with Gasteiger partial charge in [-0.25, -0.2) is 4.99 Å². The molecule has 0 N–H and O–H groups in total. The highest BCUT2D eigenvalue weighted by Gasteiger charge is 2.37. The van der Waals surface area contributed by atoms with Crippen molar-refractivity contribution in [2.75, 3.05) is 25.1 Å². The number of hydrogen-bond acceptors (Lipinski definition) is 4. The van der Waals surface area contributed by atoms with Gasteiger partial charge in [-0.15, -0.1) is 0 Å². The summed E-state index contributed by atoms with van der Waals surface area (Å²) in [5, 5.41) is 1.40. The maximum Gasteiger partial charge on any atom is 0.261 e. The lowest BCUT2D eigenvalue weighted by Gasteiger charge is -2.29. The number of fused-ring (bicyclic) bond motifs is 2. The quantitative estimate of drug-likeness (QED) is 0.712. The number of nitrogens with zero attached hydrogens (tertiary/aromatic N) is 4. The minimum Gasteiger partial charge on any atom is -0.352 e. The van der Waals surface area contributed by atoms with Crippen LogP contribution in [0.25, 0.3) is 10.9 Å². The van der Waals surface area contributed by atoms with E-state index in [1.807, 2.05) is 7.05 Å². The fourth-order valence-corrected chi connectivity index (χ4v) is 4.59. The Bertz CT molecular complexity index is 1040. The monoisotopic (exact) mass is 412 g/mol. The van der Waals surface area contributed by atoms with E-state index in [0.717, 1.165) is 18.7 Å². The number of benzene rings is 1. The molecular formula is C22H25ClN4O2. The molecule has 1 amide bonds. The van der Waals surface area contributed by atoms with E-state index >= 15 is 0 Å². The second-order valence-electron chi connectivity index (χ2n) is 8.05. The van der Waals surface area contributed by atoms with Crippen LogP contribution in [0.1, 0.15) is 37.7 Å². The highest BCUT2D eigenvalue weighted by Crippen LogP contribution is 2.45. The number of aromatic nitrogens is 1. The lowest BCUT2D eigenvalue weighted by Crippen LogP contribution is -2.41. The molecule has 3 heterocycles. The number of aryl methyl sites for hydroxylation is 1. The van der Waals surface area contributed by atoms with Crippen LogP contribution in [0.15, 0.2) is 40.1 Å². The third-order valence-corrected chi connectivity index (χ3v) is 6.23. The standard InChI is InChI=1S/C22H25ClN4O2/c1-3-7-26-8-6-15-11-16(12-17(19(15)26)14-4-5-14)27-9-10-29-22-18(21(27)28)20(23)24-13-25(22)2/h6,8,11-14,22H,3-5,7,9-10H2,1-2H3. The Morgan fingerprint density at radius 3 is 2.90 bits per heavy atom. The average Bonchev–Trinajstić information content (AvgIpc) is 3.50. The largest absolute Gasteiger partial charge is 0.352 e. The molecule has 0 spiro atoms. The van der Waals surface area contributed by atoms with Crippen LogP contribution in [0.3, 0.4) is 0 Å². The highest BCUT2D eigenvalue weighted by atomic mass is 35.5. The minimum absolute atomic E-state index is 0.129. The van der Waals surface area contributed by atoms with Crippen LogP contribution < -0.4 is 4.90 Å². The summed E-state index contributed by atoms with van der Waals surface area (Å²) >= 11 is 6.32. The molecule has 2 aromatic rings. The molecule has 29 heavy (non-hydrogen) atoms. The van der Waals surface area contributed by atoms with Crippen molar-refractivity contribution in [3.05, 3.63) is 40.7 Å². The van der Waals surface area contributed by atoms with Gasteiger partial charge in [0.15, 0.2) is 6.23 Å². The molecule has 1 saturated heterocycles. The molecular weight excluding hydrogens is 388 g/mol. The number of ether oxygens (including phenoxy) is 1. The maximum atomic E-state index is 13.5. The van der Waals surface area contributed by atoms with Crippen LogP contribution in [0.4, 0.5) is 5.69 Å². The number of rotatable bonds is 4. The molecule has 0 bridgehead atoms. The van der Waals surface area contributed by atoms with Crippen LogP contribution in [0.5, 0.6) is 0 Å². The molecule has 3 aliphatic rings. The fourth-order valence-electron chi connectivity index (χ4n) is 4.38. The van der Waals surface area contributed by atoms with Crippen molar-refractivity contribution in [1.82, 2.24) is 9.47 Å². The second kappa shape index (κ2) is 7.18. The topological polar surface area (TPSA) is 50.1 Å². The molecule has 6 nitrogen and oxygen atoms in total. The van der Waals surface area contributed by atoms with Gasteiger partial charge < -0.3 is 19.1 Å². The van der Waals surface area contributed by atoms with Crippen LogP contribution in [-0.2, 0) is 16.1 Å². The number of carbonyl (C=O) groups excluding carboxylic acids is 1. The summed E-state index contributed by atoms with van der Waals surface area (Å²) in [6.07, 6.45) is 6.80. The van der Waals surface area contributed by atoms with Gasteiger partial charge in [0.2, 0.25) is 0 Å². The van der Waals surface area contributed by atoms with Gasteiger partial charge in [-0.1, -0.05) is 18.5 Å². The Hall–Kier alpha value is -2.31. The first-order valence-corrected chi connectivity index (χ1v) is 10.7. The van der Waals surface area contributed by atoms with E-state index in [9.17, 15) is 4.79 Å². The molecule has 1 atom stereocenters. The highest BCUT2D eigenvalue weighted by molar-refractivity contribution is 6.33. The van der Waals surface area contributed by atoms with E-state index in [-0.39, 0.29) is 11.1 Å². The van der Waals surface area contributed by atoms with Gasteiger partial charge >= 0.3 is 0 Å². The molecule has 1 aliphatic carbocycles. The third-order valence-electron chi connectivity index (χ3n) is 5.93. The molecule has 1 saturated carbocycles. The average molecular weight is 413 g/mol. The summed E-state index contributed by atoms with van der Waals surface area (Å²) in [4.78, 5) is 21.2. The zero-order valence-electron chi connectivity index (χ0n) is 16.8. The predicted molar refractivity (Wildman–Crippen MR) is 115 cm³/mol. The van der Waals surface area contributed by atoms with Gasteiger partial charge in [-0.2, -0.15) is 0 Å². The van der Waals surface area contributed by atoms with Crippen LogP contribution in [-0.4, -0.2) is 48.1 Å². The zero-order valence-corrected chi connectivity index (χ0v) is 17.5. The first kappa shape index (κ1) is 18.7. The van der Waals surface area contributed by atoms with E-state index < -0.39 is 6.23 Å². The van der Waals surface area contributed by atoms with E-state index in [1.165, 1.54) is 29.3 Å². The molecule has 2 aliphatic heterocycles. The van der Waals surface area contributed by atoms with E-state index in [1.54, 1.807) is 16.1 Å². The molecule has 1 aromatic heterocycles. The van der Waals surface area contributed by atoms with Gasteiger partial charge in [-0.3, -0.25) is 4.79 Å². The predicted octanol–water partition coefficient (Wildman–Crippen LogP) is 4.04. The number of carbonyl (C=O) groups is 1. The summed E-state index contributed by atoms with van der Waals surface area (Å²) in [7, 11) is 1.84. The Morgan fingerprint density at radius 2 is 2.14 bits per heavy atom. The second-order valence-corrected chi connectivity index (χ2v) is 8.41. The van der Waals surface area contributed by atoms with Crippen LogP contribution in [0, 0.1) is 0 Å². The number of likely N-dealkylation sites (N-methyl/N-ethyl adjacent to an activating group) is 1. The van der Waals surface area contributed by atoms with Crippen molar-refractivity contribution in [1.29, 1.82) is 0 Å². The van der Waals surface area contributed by atoms with E-state index in [2.05, 4.69) is 40.9 Å². The number of anilines is 1. The summed E-state index contributed by atoms with van der Waals surface area (Å²) in [6, 6.07) is 6.48. The van der Waals surface area contributed by atoms with Gasteiger partial charge in [-0.05, 0) is 48.9 Å². The minimum atomic E-state index is -0.491. The van der Waals surface area contributed by atoms with Crippen LogP contribution in [0.2, 0.25) is 0 Å². The molecule has 1 unspecified atom stereocenters. The summed E-state index contributed by atoms with van der Waals surface area (Å²) < 4.78 is 8.30. The van der Waals surface area contributed by atoms with Gasteiger partial charge in [0.1, 0.15) is 10.7 Å². The van der Waals surface area contributed by atoms with Gasteiger partial charge in [0.05, 0.1) is 18.5 Å². The smallest absolute Gasteiger partial charge is 0.261 e.